The maximum absolute atomic E-state index is 13.2. The summed E-state index contributed by atoms with van der Waals surface area (Å²) in [6, 6.07) is 1.81. The van der Waals surface area contributed by atoms with Gasteiger partial charge < -0.3 is 9.72 Å². The Balaban J connectivity index is 2.15. The maximum Gasteiger partial charge on any atom is 0.305 e. The van der Waals surface area contributed by atoms with Crippen molar-refractivity contribution in [2.75, 3.05) is 7.11 Å². The van der Waals surface area contributed by atoms with Crippen molar-refractivity contribution in [1.82, 2.24) is 24.7 Å². The van der Waals surface area contributed by atoms with Crippen LogP contribution in [0.2, 0.25) is 0 Å². The number of H-pyrrole nitrogens is 1. The largest absolute Gasteiger partial charge is 0.494 e. The Hall–Kier alpha value is -2.51. The average molecular weight is 279 g/mol. The molecule has 0 aliphatic rings. The Morgan fingerprint density at radius 3 is 2.80 bits per heavy atom. The van der Waals surface area contributed by atoms with Gasteiger partial charge in [-0.2, -0.15) is 8.78 Å². The van der Waals surface area contributed by atoms with E-state index in [9.17, 15) is 8.78 Å². The first kappa shape index (κ1) is 12.5. The molecule has 0 bridgehead atoms. The highest BCUT2D eigenvalue weighted by atomic mass is 19.3. The minimum Gasteiger partial charge on any atom is -0.494 e. The van der Waals surface area contributed by atoms with Crippen LogP contribution in [-0.4, -0.2) is 31.8 Å². The van der Waals surface area contributed by atoms with E-state index in [1.165, 1.54) is 24.3 Å². The second kappa shape index (κ2) is 4.26. The molecule has 1 N–H and O–H groups in total. The predicted molar refractivity (Wildman–Crippen MR) is 67.1 cm³/mol. The van der Waals surface area contributed by atoms with Crippen LogP contribution < -0.4 is 4.74 Å². The van der Waals surface area contributed by atoms with Gasteiger partial charge in [0, 0.05) is 18.5 Å². The van der Waals surface area contributed by atoms with Crippen molar-refractivity contribution in [2.24, 2.45) is 0 Å². The molecule has 0 aromatic carbocycles. The average Bonchev–Trinajstić information content (AvgIpc) is 3.05. The molecular weight excluding hydrogens is 268 g/mol. The number of hydrogen-bond donors (Lipinski definition) is 1. The number of nitrogens with one attached hydrogen (secondary N) is 1. The molecule has 3 aromatic rings. The van der Waals surface area contributed by atoms with Gasteiger partial charge in [-0.1, -0.05) is 0 Å². The fourth-order valence-corrected chi connectivity index (χ4v) is 1.92. The number of ether oxygens (including phenoxy) is 1. The first-order chi connectivity index (χ1) is 9.50. The van der Waals surface area contributed by atoms with Gasteiger partial charge in [-0.15, -0.1) is 5.10 Å². The fraction of sp³-hybridized carbons (Fsp3) is 0.250. The number of alkyl halides is 2. The molecule has 104 valence electrons. The van der Waals surface area contributed by atoms with Crippen LogP contribution in [-0.2, 0) is 5.92 Å². The molecular formula is C12H11F2N5O. The number of methoxy groups -OCH3 is 1. The Kier molecular flexibility index (Phi) is 2.66. The molecule has 3 heterocycles. The van der Waals surface area contributed by atoms with E-state index < -0.39 is 11.7 Å². The second-order valence-electron chi connectivity index (χ2n) is 4.32. The van der Waals surface area contributed by atoms with Crippen molar-refractivity contribution in [1.29, 1.82) is 0 Å². The molecule has 0 atom stereocenters. The van der Waals surface area contributed by atoms with Crippen LogP contribution in [0, 0.1) is 0 Å². The van der Waals surface area contributed by atoms with E-state index in [0.717, 1.165) is 12.3 Å². The van der Waals surface area contributed by atoms with Crippen molar-refractivity contribution in [3.8, 4) is 11.6 Å². The van der Waals surface area contributed by atoms with E-state index in [2.05, 4.69) is 20.1 Å². The second-order valence-corrected chi connectivity index (χ2v) is 4.32. The molecule has 6 nitrogen and oxygen atoms in total. The van der Waals surface area contributed by atoms with Crippen LogP contribution in [0.3, 0.4) is 0 Å². The van der Waals surface area contributed by atoms with E-state index >= 15 is 0 Å². The molecule has 0 fully saturated rings. The van der Waals surface area contributed by atoms with Crippen molar-refractivity contribution in [3.63, 3.8) is 0 Å². The summed E-state index contributed by atoms with van der Waals surface area (Å²) in [5.74, 6) is -2.66. The van der Waals surface area contributed by atoms with Gasteiger partial charge >= 0.3 is 5.92 Å². The molecule has 0 unspecified atom stereocenters. The molecule has 3 rings (SSSR count). The summed E-state index contributed by atoms with van der Waals surface area (Å²) < 4.78 is 32.7. The van der Waals surface area contributed by atoms with E-state index in [0.29, 0.717) is 17.1 Å². The predicted octanol–water partition coefficient (Wildman–Crippen LogP) is 2.26. The normalized spacial score (nSPS) is 12.0. The van der Waals surface area contributed by atoms with Gasteiger partial charge in [-0.05, 0) is 6.07 Å². The molecule has 20 heavy (non-hydrogen) atoms. The number of aromatic nitrogens is 5. The highest BCUT2D eigenvalue weighted by Gasteiger charge is 2.30. The molecule has 0 spiro atoms. The molecule has 0 radical (unpaired) electrons. The van der Waals surface area contributed by atoms with Gasteiger partial charge in [0.2, 0.25) is 5.82 Å². The van der Waals surface area contributed by atoms with Gasteiger partial charge in [0.25, 0.3) is 0 Å². The number of nitrogens with zero attached hydrogens (tertiary/aromatic N) is 4. The SMILES string of the molecule is COc1cnc(-n2cnc(C(C)(F)F)n2)c2[nH]ccc12. The summed E-state index contributed by atoms with van der Waals surface area (Å²) >= 11 is 0. The summed E-state index contributed by atoms with van der Waals surface area (Å²) in [5, 5.41) is 4.56. The Morgan fingerprint density at radius 1 is 1.35 bits per heavy atom. The van der Waals surface area contributed by atoms with Gasteiger partial charge in [-0.25, -0.2) is 14.6 Å². The summed E-state index contributed by atoms with van der Waals surface area (Å²) in [4.78, 5) is 10.8. The van der Waals surface area contributed by atoms with Gasteiger partial charge in [-0.3, -0.25) is 0 Å². The van der Waals surface area contributed by atoms with Crippen molar-refractivity contribution in [2.45, 2.75) is 12.8 Å². The molecule has 8 heteroatoms. The molecule has 0 saturated heterocycles. The Labute approximate surface area is 112 Å². The molecule has 0 aliphatic heterocycles. The number of pyridine rings is 1. The number of rotatable bonds is 3. The number of hydrogen-bond acceptors (Lipinski definition) is 4. The third-order valence-electron chi connectivity index (χ3n) is 2.86. The van der Waals surface area contributed by atoms with E-state index in [1.807, 2.05) is 6.07 Å². The highest BCUT2D eigenvalue weighted by molar-refractivity contribution is 5.90. The summed E-state index contributed by atoms with van der Waals surface area (Å²) in [6.07, 6.45) is 4.43. The molecule has 0 saturated carbocycles. The van der Waals surface area contributed by atoms with E-state index in [-0.39, 0.29) is 0 Å². The van der Waals surface area contributed by atoms with Crippen LogP contribution in [0.5, 0.6) is 5.75 Å². The summed E-state index contributed by atoms with van der Waals surface area (Å²) in [5.41, 5.74) is 0.639. The quantitative estimate of drug-likeness (QED) is 0.798. The first-order valence-electron chi connectivity index (χ1n) is 5.81. The van der Waals surface area contributed by atoms with Crippen LogP contribution in [0.15, 0.2) is 24.8 Å². The third kappa shape index (κ3) is 1.89. The lowest BCUT2D eigenvalue weighted by atomic mass is 10.3. The van der Waals surface area contributed by atoms with E-state index in [1.54, 1.807) is 6.20 Å². The third-order valence-corrected chi connectivity index (χ3v) is 2.86. The van der Waals surface area contributed by atoms with Crippen LogP contribution in [0.25, 0.3) is 16.7 Å². The monoisotopic (exact) mass is 279 g/mol. The number of fused-ring (bicyclic) bond motifs is 1. The zero-order valence-corrected chi connectivity index (χ0v) is 10.8. The fourth-order valence-electron chi connectivity index (χ4n) is 1.92. The number of aromatic amines is 1. The standard InChI is InChI=1S/C12H11F2N5O/c1-12(13,14)11-17-6-19(18-11)10-9-7(3-4-15-9)8(20-2)5-16-10/h3-6,15H,1-2H3. The summed E-state index contributed by atoms with van der Waals surface area (Å²) in [6.45, 7) is 0.748. The van der Waals surface area contributed by atoms with E-state index in [4.69, 9.17) is 4.74 Å². The lowest BCUT2D eigenvalue weighted by Gasteiger charge is -2.06. The lowest BCUT2D eigenvalue weighted by molar-refractivity contribution is 0.00782. The van der Waals surface area contributed by atoms with Gasteiger partial charge in [0.1, 0.15) is 12.1 Å². The highest BCUT2D eigenvalue weighted by Crippen LogP contribution is 2.28. The Bertz CT molecular complexity index is 759. The topological polar surface area (TPSA) is 68.6 Å². The zero-order chi connectivity index (χ0) is 14.3. The van der Waals surface area contributed by atoms with Gasteiger partial charge in [0.15, 0.2) is 5.82 Å². The lowest BCUT2D eigenvalue weighted by Crippen LogP contribution is -2.10. The minimum absolute atomic E-state index is 0.383. The van der Waals surface area contributed by atoms with Crippen molar-refractivity contribution >= 4 is 10.9 Å². The van der Waals surface area contributed by atoms with Gasteiger partial charge in [0.05, 0.1) is 18.8 Å². The Morgan fingerprint density at radius 2 is 2.15 bits per heavy atom. The maximum atomic E-state index is 13.2. The van der Waals surface area contributed by atoms with Crippen LogP contribution >= 0.6 is 0 Å². The van der Waals surface area contributed by atoms with Crippen LogP contribution in [0.1, 0.15) is 12.7 Å². The first-order valence-corrected chi connectivity index (χ1v) is 5.81. The molecule has 0 amide bonds. The summed E-state index contributed by atoms with van der Waals surface area (Å²) in [7, 11) is 1.54. The minimum atomic E-state index is -3.09. The zero-order valence-electron chi connectivity index (χ0n) is 10.8. The van der Waals surface area contributed by atoms with Crippen molar-refractivity contribution in [3.05, 3.63) is 30.6 Å². The molecule has 3 aromatic heterocycles. The number of halogens is 2. The van der Waals surface area contributed by atoms with Crippen molar-refractivity contribution < 1.29 is 13.5 Å². The molecule has 0 aliphatic carbocycles. The smallest absolute Gasteiger partial charge is 0.305 e. The van der Waals surface area contributed by atoms with Crippen LogP contribution in [0.4, 0.5) is 8.78 Å².